The summed E-state index contributed by atoms with van der Waals surface area (Å²) in [5, 5.41) is 10.5. The van der Waals surface area contributed by atoms with E-state index in [1.807, 2.05) is 30.3 Å². The molecule has 0 amide bonds. The first-order valence-corrected chi connectivity index (χ1v) is 8.55. The highest BCUT2D eigenvalue weighted by Crippen LogP contribution is 2.26. The van der Waals surface area contributed by atoms with E-state index >= 15 is 0 Å². The average molecular weight is 336 g/mol. The fourth-order valence-electron chi connectivity index (χ4n) is 2.11. The van der Waals surface area contributed by atoms with Gasteiger partial charge in [-0.05, 0) is 18.4 Å². The molecule has 7 nitrogen and oxygen atoms in total. The Morgan fingerprint density at radius 2 is 1.87 bits per heavy atom. The second-order valence-corrected chi connectivity index (χ2v) is 6.87. The molecule has 2 rings (SSSR count). The van der Waals surface area contributed by atoms with Gasteiger partial charge in [0.25, 0.3) is 0 Å². The van der Waals surface area contributed by atoms with Crippen LogP contribution in [0.4, 0.5) is 5.69 Å². The minimum absolute atomic E-state index is 0.0252. The zero-order valence-electron chi connectivity index (χ0n) is 12.5. The highest BCUT2D eigenvalue weighted by Gasteiger charge is 2.28. The van der Waals surface area contributed by atoms with Gasteiger partial charge in [0.15, 0.2) is 0 Å². The molecule has 0 unspecified atom stereocenters. The van der Waals surface area contributed by atoms with Gasteiger partial charge in [-0.1, -0.05) is 30.3 Å². The second kappa shape index (κ2) is 7.19. The first-order chi connectivity index (χ1) is 10.9. The fraction of sp³-hybridized carbons (Fsp3) is 0.267. The molecule has 1 heterocycles. The molecule has 122 valence electrons. The van der Waals surface area contributed by atoms with E-state index in [9.17, 15) is 18.5 Å². The van der Waals surface area contributed by atoms with Gasteiger partial charge in [-0.2, -0.15) is 4.98 Å². The molecule has 0 atom stereocenters. The van der Waals surface area contributed by atoms with Gasteiger partial charge in [-0.25, -0.2) is 8.42 Å². The van der Waals surface area contributed by atoms with Crippen LogP contribution in [-0.4, -0.2) is 31.2 Å². The van der Waals surface area contributed by atoms with Crippen molar-refractivity contribution in [1.29, 1.82) is 0 Å². The Morgan fingerprint density at radius 3 is 2.48 bits per heavy atom. The number of methoxy groups -OCH3 is 1. The van der Waals surface area contributed by atoms with Gasteiger partial charge in [0, 0.05) is 12.1 Å². The van der Waals surface area contributed by atoms with Crippen LogP contribution in [0.25, 0.3) is 0 Å². The maximum Gasteiger partial charge on any atom is 0.306 e. The molecule has 0 aliphatic rings. The van der Waals surface area contributed by atoms with Crippen LogP contribution < -0.4 is 4.74 Å². The normalized spacial score (nSPS) is 11.2. The molecule has 0 spiro atoms. The van der Waals surface area contributed by atoms with E-state index in [-0.39, 0.29) is 11.6 Å². The van der Waals surface area contributed by atoms with Gasteiger partial charge in [-0.3, -0.25) is 10.1 Å². The molecule has 8 heteroatoms. The van der Waals surface area contributed by atoms with Crippen LogP contribution in [0.15, 0.2) is 47.5 Å². The summed E-state index contributed by atoms with van der Waals surface area (Å²) in [5.74, 6) is -0.194. The van der Waals surface area contributed by atoms with Crippen LogP contribution in [0, 0.1) is 10.1 Å². The van der Waals surface area contributed by atoms with Crippen molar-refractivity contribution in [3.63, 3.8) is 0 Å². The summed E-state index contributed by atoms with van der Waals surface area (Å²) in [7, 11) is -2.55. The molecule has 0 N–H and O–H groups in total. The molecule has 23 heavy (non-hydrogen) atoms. The van der Waals surface area contributed by atoms with E-state index in [0.29, 0.717) is 12.8 Å². The summed E-state index contributed by atoms with van der Waals surface area (Å²) in [5.41, 5.74) is 0.473. The summed E-state index contributed by atoms with van der Waals surface area (Å²) in [6, 6.07) is 11.8. The SMILES string of the molecule is COc1ccc([N+](=O)[O-])c(S(=O)(=O)CCCc2ccccc2)n1. The van der Waals surface area contributed by atoms with Crippen molar-refractivity contribution in [2.45, 2.75) is 17.9 Å². The number of benzene rings is 1. The van der Waals surface area contributed by atoms with Gasteiger partial charge in [0.1, 0.15) is 0 Å². The number of nitrogens with zero attached hydrogens (tertiary/aromatic N) is 2. The lowest BCUT2D eigenvalue weighted by molar-refractivity contribution is -0.388. The number of hydrogen-bond donors (Lipinski definition) is 0. The van der Waals surface area contributed by atoms with Crippen molar-refractivity contribution in [1.82, 2.24) is 4.98 Å². The number of hydrogen-bond acceptors (Lipinski definition) is 6. The van der Waals surface area contributed by atoms with E-state index < -0.39 is 25.5 Å². The molecule has 1 aromatic heterocycles. The Kier molecular flexibility index (Phi) is 5.28. The Hall–Kier alpha value is -2.48. The van der Waals surface area contributed by atoms with Crippen molar-refractivity contribution in [3.8, 4) is 5.88 Å². The Bertz CT molecular complexity index is 791. The number of ether oxygens (including phenoxy) is 1. The minimum atomic E-state index is -3.87. The Balaban J connectivity index is 2.20. The highest BCUT2D eigenvalue weighted by atomic mass is 32.2. The molecular weight excluding hydrogens is 320 g/mol. The van der Waals surface area contributed by atoms with Crippen molar-refractivity contribution < 1.29 is 18.1 Å². The molecule has 0 saturated heterocycles. The summed E-state index contributed by atoms with van der Waals surface area (Å²) >= 11 is 0. The zero-order valence-corrected chi connectivity index (χ0v) is 13.3. The van der Waals surface area contributed by atoms with Crippen LogP contribution in [0.3, 0.4) is 0 Å². The molecular formula is C15H16N2O5S. The first-order valence-electron chi connectivity index (χ1n) is 6.90. The van der Waals surface area contributed by atoms with Crippen molar-refractivity contribution >= 4 is 15.5 Å². The summed E-state index contributed by atoms with van der Waals surface area (Å²) < 4.78 is 29.6. The lowest BCUT2D eigenvalue weighted by Crippen LogP contribution is -2.12. The zero-order chi connectivity index (χ0) is 16.9. The summed E-state index contributed by atoms with van der Waals surface area (Å²) in [4.78, 5) is 14.0. The highest BCUT2D eigenvalue weighted by molar-refractivity contribution is 7.91. The fourth-order valence-corrected chi connectivity index (χ4v) is 3.51. The van der Waals surface area contributed by atoms with E-state index in [2.05, 4.69) is 4.98 Å². The minimum Gasteiger partial charge on any atom is -0.481 e. The molecule has 1 aromatic carbocycles. The van der Waals surface area contributed by atoms with E-state index in [1.165, 1.54) is 13.2 Å². The lowest BCUT2D eigenvalue weighted by Gasteiger charge is -2.06. The third kappa shape index (κ3) is 4.26. The molecule has 0 aliphatic carbocycles. The van der Waals surface area contributed by atoms with Crippen LogP contribution in [0.2, 0.25) is 0 Å². The maximum absolute atomic E-state index is 12.4. The van der Waals surface area contributed by atoms with Crippen molar-refractivity contribution in [2.75, 3.05) is 12.9 Å². The standard InChI is InChI=1S/C15H16N2O5S/c1-22-14-10-9-13(17(18)19)15(16-14)23(20,21)11-5-8-12-6-3-2-4-7-12/h2-4,6-7,9-10H,5,8,11H2,1H3. The summed E-state index contributed by atoms with van der Waals surface area (Å²) in [6.07, 6.45) is 0.917. The number of sulfone groups is 1. The first kappa shape index (κ1) is 16.9. The van der Waals surface area contributed by atoms with Gasteiger partial charge in [0.05, 0.1) is 17.8 Å². The average Bonchev–Trinajstić information content (AvgIpc) is 2.55. The lowest BCUT2D eigenvalue weighted by atomic mass is 10.1. The molecule has 0 bridgehead atoms. The van der Waals surface area contributed by atoms with E-state index in [1.54, 1.807) is 0 Å². The largest absolute Gasteiger partial charge is 0.481 e. The quantitative estimate of drug-likeness (QED) is 0.568. The monoisotopic (exact) mass is 336 g/mol. The third-order valence-electron chi connectivity index (χ3n) is 3.24. The van der Waals surface area contributed by atoms with Crippen LogP contribution >= 0.6 is 0 Å². The van der Waals surface area contributed by atoms with Gasteiger partial charge in [-0.15, -0.1) is 0 Å². The van der Waals surface area contributed by atoms with E-state index in [4.69, 9.17) is 4.74 Å². The number of rotatable bonds is 7. The van der Waals surface area contributed by atoms with Crippen LogP contribution in [0.5, 0.6) is 5.88 Å². The molecule has 0 saturated carbocycles. The topological polar surface area (TPSA) is 99.4 Å². The third-order valence-corrected chi connectivity index (χ3v) is 4.95. The molecule has 0 radical (unpaired) electrons. The summed E-state index contributed by atoms with van der Waals surface area (Å²) in [6.45, 7) is 0. The molecule has 2 aromatic rings. The van der Waals surface area contributed by atoms with E-state index in [0.717, 1.165) is 11.6 Å². The Morgan fingerprint density at radius 1 is 1.17 bits per heavy atom. The maximum atomic E-state index is 12.4. The van der Waals surface area contributed by atoms with Gasteiger partial charge < -0.3 is 4.74 Å². The number of aromatic nitrogens is 1. The second-order valence-electron chi connectivity index (χ2n) is 4.84. The number of pyridine rings is 1. The van der Waals surface area contributed by atoms with Gasteiger partial charge in [0.2, 0.25) is 20.7 Å². The smallest absolute Gasteiger partial charge is 0.306 e. The number of nitro groups is 1. The van der Waals surface area contributed by atoms with Crippen LogP contribution in [0.1, 0.15) is 12.0 Å². The number of aryl methyl sites for hydroxylation is 1. The Labute approximate surface area is 134 Å². The predicted molar refractivity (Wildman–Crippen MR) is 84.3 cm³/mol. The molecule has 0 aliphatic heterocycles. The van der Waals surface area contributed by atoms with Gasteiger partial charge >= 0.3 is 5.69 Å². The van der Waals surface area contributed by atoms with Crippen molar-refractivity contribution in [3.05, 3.63) is 58.1 Å². The van der Waals surface area contributed by atoms with Crippen molar-refractivity contribution in [2.24, 2.45) is 0 Å². The molecule has 0 fully saturated rings. The van der Waals surface area contributed by atoms with Crippen LogP contribution in [-0.2, 0) is 16.3 Å². The predicted octanol–water partition coefficient (Wildman–Crippen LogP) is 2.40.